The molecule has 0 aromatic carbocycles. The summed E-state index contributed by atoms with van der Waals surface area (Å²) in [5.74, 6) is 0. The van der Waals surface area contributed by atoms with Gasteiger partial charge in [-0.1, -0.05) is 0 Å². The summed E-state index contributed by atoms with van der Waals surface area (Å²) in [5, 5.41) is 0. The maximum atomic E-state index is 11.6. The van der Waals surface area contributed by atoms with Crippen molar-refractivity contribution in [2.24, 2.45) is 4.88 Å². The molecule has 0 atom stereocenters. The molecule has 16 heavy (non-hydrogen) atoms. The van der Waals surface area contributed by atoms with Gasteiger partial charge in [-0.05, 0) is 0 Å². The van der Waals surface area contributed by atoms with Crippen LogP contribution in [0.2, 0.25) is 0 Å². The van der Waals surface area contributed by atoms with E-state index >= 15 is 0 Å². The molecule has 0 radical (unpaired) electrons. The number of urea groups is 2. The number of azide groups is 1. The fourth-order valence-corrected chi connectivity index (χ4v) is 7.02. The Hall–Kier alpha value is -1.72. The Morgan fingerprint density at radius 3 is 1.56 bits per heavy atom. The summed E-state index contributed by atoms with van der Waals surface area (Å²) in [5.41, 5.74) is 8.70. The van der Waals surface area contributed by atoms with Crippen LogP contribution in [0, 0.1) is 0 Å². The van der Waals surface area contributed by atoms with Gasteiger partial charge in [-0.2, -0.15) is 0 Å². The van der Waals surface area contributed by atoms with E-state index in [1.165, 1.54) is 46.9 Å². The molecular formula is C6H12N7O2P. The van der Waals surface area contributed by atoms with Gasteiger partial charge in [0.1, 0.15) is 0 Å². The Labute approximate surface area is 92.0 Å². The number of carbonyl (C=O) groups excluding carboxylic acids is 2. The normalized spacial score (nSPS) is 27.9. The van der Waals surface area contributed by atoms with Crippen molar-refractivity contribution in [3.05, 3.63) is 10.4 Å². The first-order valence-corrected chi connectivity index (χ1v) is 6.49. The van der Waals surface area contributed by atoms with Crippen LogP contribution in [0.1, 0.15) is 0 Å². The van der Waals surface area contributed by atoms with Crippen LogP contribution in [0.4, 0.5) is 9.59 Å². The van der Waals surface area contributed by atoms with Gasteiger partial charge in [-0.15, -0.1) is 0 Å². The van der Waals surface area contributed by atoms with Crippen LogP contribution in [0.25, 0.3) is 10.4 Å². The molecule has 2 aliphatic heterocycles. The zero-order valence-corrected chi connectivity index (χ0v) is 10.3. The molecule has 4 amide bonds. The Kier molecular flexibility index (Phi) is 1.69. The second-order valence-electron chi connectivity index (χ2n) is 3.73. The summed E-state index contributed by atoms with van der Waals surface area (Å²) < 4.78 is 5.42. The number of hydrogen-bond acceptors (Lipinski definition) is 3. The van der Waals surface area contributed by atoms with Gasteiger partial charge in [0.05, 0.1) is 0 Å². The van der Waals surface area contributed by atoms with E-state index in [-0.39, 0.29) is 12.1 Å². The van der Waals surface area contributed by atoms with Gasteiger partial charge in [0.15, 0.2) is 0 Å². The van der Waals surface area contributed by atoms with E-state index in [0.29, 0.717) is 0 Å². The molecule has 0 aromatic rings. The molecule has 1 spiro atoms. The summed E-state index contributed by atoms with van der Waals surface area (Å²) in [6.45, 7) is 0. The zero-order valence-electron chi connectivity index (χ0n) is 9.39. The molecule has 2 heterocycles. The van der Waals surface area contributed by atoms with Crippen molar-refractivity contribution in [2.45, 2.75) is 0 Å². The number of rotatable bonds is 1. The maximum absolute atomic E-state index is 11.6. The van der Waals surface area contributed by atoms with Crippen molar-refractivity contribution in [2.75, 3.05) is 28.2 Å². The Balaban J connectivity index is 2.67. The van der Waals surface area contributed by atoms with Crippen molar-refractivity contribution >= 4 is 19.4 Å². The molecule has 0 aromatic heterocycles. The van der Waals surface area contributed by atoms with E-state index in [1.54, 1.807) is 0 Å². The fraction of sp³-hybridized carbons (Fsp3) is 0.667. The molecule has 0 saturated carbocycles. The Morgan fingerprint density at radius 2 is 1.31 bits per heavy atom. The van der Waals surface area contributed by atoms with Gasteiger partial charge < -0.3 is 0 Å². The van der Waals surface area contributed by atoms with Gasteiger partial charge in [-0.25, -0.2) is 0 Å². The molecule has 2 aliphatic rings. The minimum atomic E-state index is -3.52. The summed E-state index contributed by atoms with van der Waals surface area (Å²) >= 11 is 0. The SMILES string of the molecule is CN1C(=O)N(C)P12(N=[N+]=[N-])N(C)C(=O)N2C. The van der Waals surface area contributed by atoms with E-state index in [1.807, 2.05) is 0 Å². The number of amides is 4. The predicted octanol–water partition coefficient (Wildman–Crippen LogP) is 1.42. The molecule has 0 bridgehead atoms. The summed E-state index contributed by atoms with van der Waals surface area (Å²) in [6, 6.07) is -0.535. The average molecular weight is 245 g/mol. The minimum absolute atomic E-state index is 0.267. The first kappa shape index (κ1) is 10.8. The third-order valence-corrected chi connectivity index (χ3v) is 8.83. The topological polar surface area (TPSA) is 95.9 Å². The van der Waals surface area contributed by atoms with Gasteiger partial charge in [0.2, 0.25) is 0 Å². The van der Waals surface area contributed by atoms with Crippen LogP contribution in [-0.2, 0) is 0 Å². The van der Waals surface area contributed by atoms with Gasteiger partial charge in [-0.3, -0.25) is 0 Å². The van der Waals surface area contributed by atoms with Crippen molar-refractivity contribution in [3.8, 4) is 0 Å². The van der Waals surface area contributed by atoms with E-state index in [9.17, 15) is 9.59 Å². The van der Waals surface area contributed by atoms with Crippen LogP contribution < -0.4 is 0 Å². The number of hydrogen-bond donors (Lipinski definition) is 0. The standard InChI is InChI=1S/C6H12N7O2P/c1-10-5(14)11(2)16(10,9-8-7)12(3)6(15)13(16)4/h1-4H3. The van der Waals surface area contributed by atoms with Gasteiger partial charge in [0, 0.05) is 0 Å². The third-order valence-electron chi connectivity index (χ3n) is 3.45. The van der Waals surface area contributed by atoms with Crippen LogP contribution in [0.3, 0.4) is 0 Å². The molecule has 10 heteroatoms. The molecule has 2 fully saturated rings. The quantitative estimate of drug-likeness (QED) is 0.302. The number of carbonyl (C=O) groups is 2. The van der Waals surface area contributed by atoms with Crippen molar-refractivity contribution in [1.82, 2.24) is 18.7 Å². The molecule has 0 unspecified atom stereocenters. The molecule has 88 valence electrons. The summed E-state index contributed by atoms with van der Waals surface area (Å²) in [7, 11) is 2.62. The van der Waals surface area contributed by atoms with Crippen LogP contribution in [-0.4, -0.2) is 58.9 Å². The molecule has 9 nitrogen and oxygen atoms in total. The van der Waals surface area contributed by atoms with Crippen molar-refractivity contribution in [1.29, 1.82) is 0 Å². The Morgan fingerprint density at radius 1 is 1.00 bits per heavy atom. The summed E-state index contributed by atoms with van der Waals surface area (Å²) in [6.07, 6.45) is 0. The molecule has 0 aliphatic carbocycles. The molecular weight excluding hydrogens is 233 g/mol. The van der Waals surface area contributed by atoms with Gasteiger partial charge in [0.25, 0.3) is 0 Å². The number of nitrogens with zero attached hydrogens (tertiary/aromatic N) is 7. The molecule has 2 rings (SSSR count). The monoisotopic (exact) mass is 245 g/mol. The average Bonchev–Trinajstić information content (AvgIpc) is 2.32. The van der Waals surface area contributed by atoms with E-state index in [2.05, 4.69) is 9.80 Å². The van der Waals surface area contributed by atoms with E-state index in [0.717, 1.165) is 0 Å². The summed E-state index contributed by atoms with van der Waals surface area (Å²) in [4.78, 5) is 29.8. The molecule has 2 saturated heterocycles. The van der Waals surface area contributed by atoms with Gasteiger partial charge >= 0.3 is 91.2 Å². The van der Waals surface area contributed by atoms with Crippen molar-refractivity contribution < 1.29 is 9.59 Å². The third kappa shape index (κ3) is 0.594. The second-order valence-corrected chi connectivity index (χ2v) is 8.10. The van der Waals surface area contributed by atoms with Crippen LogP contribution in [0.15, 0.2) is 4.88 Å². The first-order chi connectivity index (χ1) is 7.35. The van der Waals surface area contributed by atoms with Crippen LogP contribution in [0.5, 0.6) is 0 Å². The van der Waals surface area contributed by atoms with Crippen LogP contribution >= 0.6 is 7.36 Å². The second kappa shape index (κ2) is 2.50. The predicted molar refractivity (Wildman–Crippen MR) is 57.9 cm³/mol. The van der Waals surface area contributed by atoms with Crippen molar-refractivity contribution in [3.63, 3.8) is 0 Å². The first-order valence-electron chi connectivity index (χ1n) is 4.49. The van der Waals surface area contributed by atoms with E-state index in [4.69, 9.17) is 5.53 Å². The zero-order chi connectivity index (χ0) is 12.3. The fourth-order valence-electron chi connectivity index (χ4n) is 2.47. The van der Waals surface area contributed by atoms with E-state index < -0.39 is 7.36 Å². The molecule has 0 N–H and O–H groups in total. The Bertz CT molecular complexity index is 394.